The van der Waals surface area contributed by atoms with E-state index in [-0.39, 0.29) is 5.88 Å². The van der Waals surface area contributed by atoms with Crippen molar-refractivity contribution in [1.82, 2.24) is 5.16 Å². The van der Waals surface area contributed by atoms with Crippen LogP contribution in [0, 0.1) is 6.92 Å². The number of anilines is 1. The number of methoxy groups -OCH3 is 2. The predicted molar refractivity (Wildman–Crippen MR) is 71.9 cm³/mol. The third-order valence-electron chi connectivity index (χ3n) is 2.59. The lowest BCUT2D eigenvalue weighted by Crippen LogP contribution is -1.96. The molecule has 0 bridgehead atoms. The number of ether oxygens (including phenoxy) is 2. The van der Waals surface area contributed by atoms with Gasteiger partial charge < -0.3 is 19.7 Å². The molecule has 2 rings (SSSR count). The standard InChI is InChI=1S/C12H13BrN2O3/c1-6-4-8(16-2)12(17-3)11(13)10(6)7-5-9(14)18-15-7/h4-5H,14H2,1-3H3. The van der Waals surface area contributed by atoms with Crippen LogP contribution in [-0.2, 0) is 0 Å². The Morgan fingerprint density at radius 3 is 2.50 bits per heavy atom. The fourth-order valence-electron chi connectivity index (χ4n) is 1.79. The summed E-state index contributed by atoms with van der Waals surface area (Å²) >= 11 is 3.50. The van der Waals surface area contributed by atoms with E-state index >= 15 is 0 Å². The summed E-state index contributed by atoms with van der Waals surface area (Å²) in [7, 11) is 3.18. The van der Waals surface area contributed by atoms with Crippen LogP contribution < -0.4 is 15.2 Å². The average Bonchev–Trinajstić information content (AvgIpc) is 2.75. The quantitative estimate of drug-likeness (QED) is 0.943. The lowest BCUT2D eigenvalue weighted by Gasteiger charge is -2.14. The van der Waals surface area contributed by atoms with Crippen molar-refractivity contribution >= 4 is 21.8 Å². The van der Waals surface area contributed by atoms with Gasteiger partial charge >= 0.3 is 0 Å². The number of nitrogen functional groups attached to an aromatic ring is 1. The number of rotatable bonds is 3. The SMILES string of the molecule is COc1cc(C)c(-c2cc(N)on2)c(Br)c1OC. The van der Waals surface area contributed by atoms with Gasteiger partial charge in [-0.3, -0.25) is 0 Å². The van der Waals surface area contributed by atoms with Crippen molar-refractivity contribution in [2.45, 2.75) is 6.92 Å². The van der Waals surface area contributed by atoms with Crippen LogP contribution in [0.1, 0.15) is 5.56 Å². The van der Waals surface area contributed by atoms with Crippen LogP contribution in [0.5, 0.6) is 11.5 Å². The summed E-state index contributed by atoms with van der Waals surface area (Å²) in [5.41, 5.74) is 8.04. The summed E-state index contributed by atoms with van der Waals surface area (Å²) in [5, 5.41) is 3.91. The maximum atomic E-state index is 5.54. The van der Waals surface area contributed by atoms with Crippen molar-refractivity contribution in [2.75, 3.05) is 20.0 Å². The number of aryl methyl sites for hydroxylation is 1. The molecule has 2 aromatic rings. The third-order valence-corrected chi connectivity index (χ3v) is 3.35. The fraction of sp³-hybridized carbons (Fsp3) is 0.250. The molecule has 1 heterocycles. The summed E-state index contributed by atoms with van der Waals surface area (Å²) in [4.78, 5) is 0. The molecular formula is C12H13BrN2O3. The number of nitrogens with two attached hydrogens (primary N) is 1. The van der Waals surface area contributed by atoms with Crippen LogP contribution in [0.25, 0.3) is 11.3 Å². The third kappa shape index (κ3) is 2.03. The van der Waals surface area contributed by atoms with Gasteiger partial charge in [0.2, 0.25) is 5.88 Å². The molecule has 0 aliphatic rings. The van der Waals surface area contributed by atoms with Crippen molar-refractivity contribution in [1.29, 1.82) is 0 Å². The van der Waals surface area contributed by atoms with Gasteiger partial charge in [0, 0.05) is 11.6 Å². The van der Waals surface area contributed by atoms with Crippen molar-refractivity contribution in [3.8, 4) is 22.8 Å². The van der Waals surface area contributed by atoms with E-state index in [1.165, 1.54) is 0 Å². The van der Waals surface area contributed by atoms with Gasteiger partial charge in [-0.15, -0.1) is 0 Å². The monoisotopic (exact) mass is 312 g/mol. The second-order valence-electron chi connectivity index (χ2n) is 3.73. The molecule has 0 spiro atoms. The van der Waals surface area contributed by atoms with E-state index in [0.29, 0.717) is 17.2 Å². The maximum absolute atomic E-state index is 5.54. The molecule has 0 unspecified atom stereocenters. The molecule has 0 saturated heterocycles. The molecule has 1 aromatic carbocycles. The zero-order valence-corrected chi connectivity index (χ0v) is 11.9. The van der Waals surface area contributed by atoms with Crippen LogP contribution in [0.2, 0.25) is 0 Å². The Kier molecular flexibility index (Phi) is 3.47. The summed E-state index contributed by atoms with van der Waals surface area (Å²) in [6, 6.07) is 3.54. The first-order valence-corrected chi connectivity index (χ1v) is 6.01. The topological polar surface area (TPSA) is 70.5 Å². The molecule has 0 aliphatic carbocycles. The highest BCUT2D eigenvalue weighted by Gasteiger charge is 2.19. The Hall–Kier alpha value is -1.69. The van der Waals surface area contributed by atoms with E-state index in [1.54, 1.807) is 20.3 Å². The minimum atomic E-state index is 0.270. The molecule has 0 atom stereocenters. The number of aromatic nitrogens is 1. The number of nitrogens with zero attached hydrogens (tertiary/aromatic N) is 1. The van der Waals surface area contributed by atoms with Crippen molar-refractivity contribution in [2.24, 2.45) is 0 Å². The molecular weight excluding hydrogens is 300 g/mol. The lowest BCUT2D eigenvalue weighted by atomic mass is 10.0. The van der Waals surface area contributed by atoms with Gasteiger partial charge in [0.1, 0.15) is 5.69 Å². The Morgan fingerprint density at radius 2 is 2.00 bits per heavy atom. The van der Waals surface area contributed by atoms with Gasteiger partial charge in [0.25, 0.3) is 0 Å². The molecule has 0 radical (unpaired) electrons. The van der Waals surface area contributed by atoms with Crippen LogP contribution in [-0.4, -0.2) is 19.4 Å². The lowest BCUT2D eigenvalue weighted by molar-refractivity contribution is 0.353. The number of benzene rings is 1. The second kappa shape index (κ2) is 4.89. The second-order valence-corrected chi connectivity index (χ2v) is 4.53. The summed E-state index contributed by atoms with van der Waals surface area (Å²) in [6.07, 6.45) is 0. The Balaban J connectivity index is 2.68. The van der Waals surface area contributed by atoms with Gasteiger partial charge in [-0.05, 0) is 34.5 Å². The van der Waals surface area contributed by atoms with Crippen molar-refractivity contribution < 1.29 is 14.0 Å². The number of hydrogen-bond acceptors (Lipinski definition) is 5. The van der Waals surface area contributed by atoms with Crippen molar-refractivity contribution in [3.63, 3.8) is 0 Å². The normalized spacial score (nSPS) is 10.4. The first kappa shape index (κ1) is 12.8. The Bertz CT molecular complexity index is 581. The Labute approximate surface area is 113 Å². The number of halogens is 1. The molecule has 0 amide bonds. The first-order chi connectivity index (χ1) is 8.58. The van der Waals surface area contributed by atoms with Crippen molar-refractivity contribution in [3.05, 3.63) is 22.2 Å². The molecule has 18 heavy (non-hydrogen) atoms. The summed E-state index contributed by atoms with van der Waals surface area (Å²) < 4.78 is 16.3. The van der Waals surface area contributed by atoms with Gasteiger partial charge in [-0.25, -0.2) is 0 Å². The van der Waals surface area contributed by atoms with E-state index in [4.69, 9.17) is 19.7 Å². The highest BCUT2D eigenvalue weighted by Crippen LogP contribution is 2.44. The largest absolute Gasteiger partial charge is 0.493 e. The molecule has 0 saturated carbocycles. The highest BCUT2D eigenvalue weighted by molar-refractivity contribution is 9.10. The van der Waals surface area contributed by atoms with E-state index in [9.17, 15) is 0 Å². The molecule has 6 heteroatoms. The predicted octanol–water partition coefficient (Wildman–Crippen LogP) is 3.01. The minimum Gasteiger partial charge on any atom is -0.493 e. The molecule has 0 fully saturated rings. The fourth-order valence-corrected chi connectivity index (χ4v) is 2.67. The van der Waals surface area contributed by atoms with Gasteiger partial charge in [0.05, 0.1) is 18.7 Å². The molecule has 96 valence electrons. The Morgan fingerprint density at radius 1 is 1.28 bits per heavy atom. The van der Waals surface area contributed by atoms with Gasteiger partial charge in [-0.2, -0.15) is 0 Å². The summed E-state index contributed by atoms with van der Waals surface area (Å²) in [5.74, 6) is 1.54. The molecule has 1 aromatic heterocycles. The zero-order valence-electron chi connectivity index (χ0n) is 10.3. The number of hydrogen-bond donors (Lipinski definition) is 1. The highest BCUT2D eigenvalue weighted by atomic mass is 79.9. The average molecular weight is 313 g/mol. The van der Waals surface area contributed by atoms with E-state index in [1.807, 2.05) is 13.0 Å². The van der Waals surface area contributed by atoms with Gasteiger partial charge in [-0.1, -0.05) is 5.16 Å². The van der Waals surface area contributed by atoms with E-state index < -0.39 is 0 Å². The minimum absolute atomic E-state index is 0.270. The zero-order chi connectivity index (χ0) is 13.3. The molecule has 2 N–H and O–H groups in total. The maximum Gasteiger partial charge on any atom is 0.222 e. The van der Waals surface area contributed by atoms with Crippen LogP contribution in [0.4, 0.5) is 5.88 Å². The first-order valence-electron chi connectivity index (χ1n) is 5.22. The summed E-state index contributed by atoms with van der Waals surface area (Å²) in [6.45, 7) is 1.95. The van der Waals surface area contributed by atoms with Gasteiger partial charge in [0.15, 0.2) is 11.5 Å². The van der Waals surface area contributed by atoms with Crippen LogP contribution >= 0.6 is 15.9 Å². The smallest absolute Gasteiger partial charge is 0.222 e. The van der Waals surface area contributed by atoms with Crippen LogP contribution in [0.3, 0.4) is 0 Å². The van der Waals surface area contributed by atoms with E-state index in [0.717, 1.165) is 15.6 Å². The van der Waals surface area contributed by atoms with E-state index in [2.05, 4.69) is 21.1 Å². The molecule has 5 nitrogen and oxygen atoms in total. The molecule has 0 aliphatic heterocycles. The van der Waals surface area contributed by atoms with Crippen LogP contribution in [0.15, 0.2) is 21.1 Å².